The first-order valence-corrected chi connectivity index (χ1v) is 10.0. The molecule has 3 aromatic rings. The lowest BCUT2D eigenvalue weighted by molar-refractivity contribution is 0.164. The van der Waals surface area contributed by atoms with E-state index in [1.165, 1.54) is 24.9 Å². The first-order chi connectivity index (χ1) is 13.8. The van der Waals surface area contributed by atoms with Gasteiger partial charge in [0.05, 0.1) is 11.6 Å². The summed E-state index contributed by atoms with van der Waals surface area (Å²) in [5.74, 6) is 1.76. The molecular weight excluding hydrogens is 354 g/mol. The number of benzene rings is 1. The summed E-state index contributed by atoms with van der Waals surface area (Å²) in [6.45, 7) is 8.16. The number of fused-ring (bicyclic) bond motifs is 1. The molecule has 4 heterocycles. The molecule has 0 aliphatic carbocycles. The van der Waals surface area contributed by atoms with Crippen molar-refractivity contribution in [2.75, 3.05) is 49.1 Å². The average molecular weight is 379 g/mol. The Bertz CT molecular complexity index is 931. The van der Waals surface area contributed by atoms with Gasteiger partial charge in [-0.3, -0.25) is 4.90 Å². The lowest BCUT2D eigenvalue weighted by atomic mass is 10.1. The third kappa shape index (κ3) is 3.17. The lowest BCUT2D eigenvalue weighted by Gasteiger charge is -2.38. The average Bonchev–Trinajstić information content (AvgIpc) is 3.47. The Labute approximate surface area is 164 Å². The number of rotatable bonds is 4. The Balaban J connectivity index is 1.35. The zero-order valence-corrected chi connectivity index (χ0v) is 16.2. The molecular formula is C20H25N7O. The van der Waals surface area contributed by atoms with E-state index in [9.17, 15) is 0 Å². The number of hydrogen-bond donors (Lipinski definition) is 0. The van der Waals surface area contributed by atoms with Gasteiger partial charge in [-0.2, -0.15) is 4.98 Å². The molecule has 8 heteroatoms. The summed E-state index contributed by atoms with van der Waals surface area (Å²) in [6, 6.07) is 6.72. The van der Waals surface area contributed by atoms with Gasteiger partial charge in [-0.1, -0.05) is 5.16 Å². The van der Waals surface area contributed by atoms with Crippen molar-refractivity contribution in [2.45, 2.75) is 25.8 Å². The van der Waals surface area contributed by atoms with Crippen LogP contribution in [0.1, 0.15) is 31.7 Å². The predicted octanol–water partition coefficient (Wildman–Crippen LogP) is 2.50. The summed E-state index contributed by atoms with van der Waals surface area (Å²) in [6.07, 6.45) is 5.64. The Morgan fingerprint density at radius 2 is 1.71 bits per heavy atom. The van der Waals surface area contributed by atoms with Crippen molar-refractivity contribution in [3.63, 3.8) is 0 Å². The van der Waals surface area contributed by atoms with E-state index in [1.807, 2.05) is 0 Å². The monoisotopic (exact) mass is 379 g/mol. The summed E-state index contributed by atoms with van der Waals surface area (Å²) >= 11 is 0. The minimum atomic E-state index is 0.149. The van der Waals surface area contributed by atoms with Gasteiger partial charge in [0.1, 0.15) is 12.1 Å². The molecule has 146 valence electrons. The van der Waals surface area contributed by atoms with Crippen molar-refractivity contribution in [1.29, 1.82) is 0 Å². The van der Waals surface area contributed by atoms with E-state index < -0.39 is 0 Å². The van der Waals surface area contributed by atoms with E-state index >= 15 is 0 Å². The van der Waals surface area contributed by atoms with Gasteiger partial charge in [0, 0.05) is 50.3 Å². The fourth-order valence-electron chi connectivity index (χ4n) is 4.30. The topological polar surface area (TPSA) is 74.4 Å². The van der Waals surface area contributed by atoms with Crippen LogP contribution in [-0.4, -0.2) is 64.3 Å². The van der Waals surface area contributed by atoms with E-state index in [1.54, 1.807) is 6.33 Å². The van der Waals surface area contributed by atoms with Crippen molar-refractivity contribution in [3.8, 4) is 0 Å². The molecule has 5 rings (SSSR count). The van der Waals surface area contributed by atoms with Crippen LogP contribution in [0.5, 0.6) is 0 Å². The van der Waals surface area contributed by atoms with Crippen LogP contribution in [0.4, 0.5) is 11.5 Å². The quantitative estimate of drug-likeness (QED) is 0.685. The first-order valence-electron chi connectivity index (χ1n) is 10.0. The smallest absolute Gasteiger partial charge is 0.243 e. The molecule has 0 spiro atoms. The molecule has 0 radical (unpaired) electrons. The third-order valence-corrected chi connectivity index (χ3v) is 5.97. The summed E-state index contributed by atoms with van der Waals surface area (Å²) in [7, 11) is 0. The molecule has 1 unspecified atom stereocenters. The number of hydrogen-bond acceptors (Lipinski definition) is 8. The van der Waals surface area contributed by atoms with Crippen molar-refractivity contribution < 1.29 is 4.52 Å². The van der Waals surface area contributed by atoms with Gasteiger partial charge < -0.3 is 14.3 Å². The van der Waals surface area contributed by atoms with Crippen LogP contribution in [0.2, 0.25) is 0 Å². The van der Waals surface area contributed by atoms with Crippen molar-refractivity contribution in [1.82, 2.24) is 25.0 Å². The molecule has 0 saturated carbocycles. The molecule has 2 aliphatic rings. The highest BCUT2D eigenvalue weighted by molar-refractivity contribution is 5.92. The van der Waals surface area contributed by atoms with Gasteiger partial charge in [0.2, 0.25) is 5.89 Å². The molecule has 2 aromatic heterocycles. The van der Waals surface area contributed by atoms with Crippen LogP contribution in [0.15, 0.2) is 35.4 Å². The second kappa shape index (κ2) is 7.35. The second-order valence-electron chi connectivity index (χ2n) is 7.57. The maximum absolute atomic E-state index is 5.24. The maximum atomic E-state index is 5.24. The standard InChI is InChI=1S/C20H25N7O/c1-15(20-23-14-24-28-20)25-8-10-26(11-9-25)16-4-5-18-17(12-16)19(22-13-21-18)27-6-2-3-7-27/h4-5,12-15H,2-3,6-11H2,1H3. The van der Waals surface area contributed by atoms with Crippen LogP contribution in [0.25, 0.3) is 10.9 Å². The molecule has 2 saturated heterocycles. The number of nitrogens with zero attached hydrogens (tertiary/aromatic N) is 7. The molecule has 2 fully saturated rings. The summed E-state index contributed by atoms with van der Waals surface area (Å²) < 4.78 is 5.24. The first kappa shape index (κ1) is 17.4. The fourth-order valence-corrected chi connectivity index (χ4v) is 4.30. The molecule has 0 N–H and O–H groups in total. The molecule has 8 nitrogen and oxygen atoms in total. The van der Waals surface area contributed by atoms with Gasteiger partial charge in [0.15, 0.2) is 6.33 Å². The van der Waals surface area contributed by atoms with E-state index in [-0.39, 0.29) is 6.04 Å². The molecule has 2 aliphatic heterocycles. The van der Waals surface area contributed by atoms with Crippen molar-refractivity contribution >= 4 is 22.4 Å². The normalized spacial score (nSPS) is 19.5. The largest absolute Gasteiger partial charge is 0.369 e. The van der Waals surface area contributed by atoms with Gasteiger partial charge in [-0.15, -0.1) is 0 Å². The third-order valence-electron chi connectivity index (χ3n) is 5.97. The summed E-state index contributed by atoms with van der Waals surface area (Å²) in [5.41, 5.74) is 2.26. The van der Waals surface area contributed by atoms with Crippen LogP contribution in [-0.2, 0) is 0 Å². The van der Waals surface area contributed by atoms with Gasteiger partial charge in [0.25, 0.3) is 0 Å². The molecule has 28 heavy (non-hydrogen) atoms. The van der Waals surface area contributed by atoms with Crippen LogP contribution < -0.4 is 9.80 Å². The van der Waals surface area contributed by atoms with Crippen molar-refractivity contribution in [2.24, 2.45) is 0 Å². The zero-order chi connectivity index (χ0) is 18.9. The molecule has 0 amide bonds. The molecule has 0 bridgehead atoms. The van der Waals surface area contributed by atoms with E-state index in [2.05, 4.69) is 59.9 Å². The molecule has 1 atom stereocenters. The lowest BCUT2D eigenvalue weighted by Crippen LogP contribution is -2.47. The SMILES string of the molecule is CC(c1ncno1)N1CCN(c2ccc3ncnc(N4CCCC4)c3c2)CC1. The van der Waals surface area contributed by atoms with Gasteiger partial charge in [-0.05, 0) is 38.0 Å². The van der Waals surface area contributed by atoms with Crippen molar-refractivity contribution in [3.05, 3.63) is 36.7 Å². The number of piperazine rings is 1. The maximum Gasteiger partial charge on any atom is 0.243 e. The minimum Gasteiger partial charge on any atom is -0.369 e. The zero-order valence-electron chi connectivity index (χ0n) is 16.2. The Kier molecular flexibility index (Phi) is 4.56. The highest BCUT2D eigenvalue weighted by Gasteiger charge is 2.25. The second-order valence-corrected chi connectivity index (χ2v) is 7.57. The Hall–Kier alpha value is -2.74. The highest BCUT2D eigenvalue weighted by Crippen LogP contribution is 2.30. The summed E-state index contributed by atoms with van der Waals surface area (Å²) in [4.78, 5) is 20.5. The van der Waals surface area contributed by atoms with E-state index in [0.717, 1.165) is 56.0 Å². The highest BCUT2D eigenvalue weighted by atomic mass is 16.5. The van der Waals surface area contributed by atoms with Crippen LogP contribution in [0.3, 0.4) is 0 Å². The Morgan fingerprint density at radius 3 is 2.46 bits per heavy atom. The number of anilines is 2. The van der Waals surface area contributed by atoms with E-state index in [4.69, 9.17) is 4.52 Å². The number of aromatic nitrogens is 4. The predicted molar refractivity (Wildman–Crippen MR) is 107 cm³/mol. The van der Waals surface area contributed by atoms with Gasteiger partial charge >= 0.3 is 0 Å². The minimum absolute atomic E-state index is 0.149. The van der Waals surface area contributed by atoms with Crippen LogP contribution >= 0.6 is 0 Å². The Morgan fingerprint density at radius 1 is 0.893 bits per heavy atom. The van der Waals surface area contributed by atoms with Crippen LogP contribution in [0, 0.1) is 0 Å². The summed E-state index contributed by atoms with van der Waals surface area (Å²) in [5, 5.41) is 4.89. The molecule has 1 aromatic carbocycles. The van der Waals surface area contributed by atoms with Gasteiger partial charge in [-0.25, -0.2) is 9.97 Å². The fraction of sp³-hybridized carbons (Fsp3) is 0.500. The van der Waals surface area contributed by atoms with E-state index in [0.29, 0.717) is 5.89 Å².